The number of esters is 1. The summed E-state index contributed by atoms with van der Waals surface area (Å²) < 4.78 is 4.97. The lowest BCUT2D eigenvalue weighted by atomic mass is 10.1. The van der Waals surface area contributed by atoms with Crippen LogP contribution in [-0.4, -0.2) is 29.5 Å². The van der Waals surface area contributed by atoms with Crippen LogP contribution >= 0.6 is 0 Å². The summed E-state index contributed by atoms with van der Waals surface area (Å²) in [5, 5.41) is 3.95. The first-order valence-corrected chi connectivity index (χ1v) is 7.63. The summed E-state index contributed by atoms with van der Waals surface area (Å²) in [6, 6.07) is 8.59. The molecule has 0 saturated heterocycles. The molecule has 0 spiro atoms. The molecule has 1 aliphatic rings. The minimum absolute atomic E-state index is 0.0386. The number of carbonyl (C=O) groups excluding carboxylic acids is 2. The Balaban J connectivity index is 1.64. The summed E-state index contributed by atoms with van der Waals surface area (Å²) in [7, 11) is 0. The van der Waals surface area contributed by atoms with Crippen LogP contribution in [0, 0.1) is 5.92 Å². The number of ether oxygens (including phenoxy) is 1. The van der Waals surface area contributed by atoms with Crippen molar-refractivity contribution < 1.29 is 14.3 Å². The van der Waals surface area contributed by atoms with Crippen LogP contribution in [0.4, 0.5) is 0 Å². The van der Waals surface area contributed by atoms with Gasteiger partial charge in [-0.3, -0.25) is 9.59 Å². The predicted octanol–water partition coefficient (Wildman–Crippen LogP) is 1.60. The highest BCUT2D eigenvalue weighted by Crippen LogP contribution is 2.32. The number of H-pyrrole nitrogens is 1. The van der Waals surface area contributed by atoms with Gasteiger partial charge in [0.15, 0.2) is 6.61 Å². The van der Waals surface area contributed by atoms with Crippen LogP contribution in [0.1, 0.15) is 30.3 Å². The molecule has 1 saturated carbocycles. The largest absolute Gasteiger partial charge is 0.451 e. The Kier molecular flexibility index (Phi) is 4.14. The predicted molar refractivity (Wildman–Crippen MR) is 85.2 cm³/mol. The molecule has 0 aliphatic heterocycles. The minimum atomic E-state index is -0.720. The van der Waals surface area contributed by atoms with Gasteiger partial charge < -0.3 is 15.0 Å². The molecule has 1 heterocycles. The van der Waals surface area contributed by atoms with Gasteiger partial charge in [-0.1, -0.05) is 18.2 Å². The first kappa shape index (κ1) is 15.3. The number of amides is 1. The number of hydrogen-bond acceptors (Lipinski definition) is 4. The van der Waals surface area contributed by atoms with Gasteiger partial charge in [0, 0.05) is 11.4 Å². The average Bonchev–Trinajstić information content (AvgIpc) is 3.37. The summed E-state index contributed by atoms with van der Waals surface area (Å²) in [6.45, 7) is 1.59. The fourth-order valence-corrected chi connectivity index (χ4v) is 2.54. The Bertz CT molecular complexity index is 808. The van der Waals surface area contributed by atoms with E-state index in [1.165, 1.54) is 0 Å². The lowest BCUT2D eigenvalue weighted by Gasteiger charge is -2.12. The van der Waals surface area contributed by atoms with Crippen molar-refractivity contribution in [1.29, 1.82) is 0 Å². The fourth-order valence-electron chi connectivity index (χ4n) is 2.54. The Hall–Kier alpha value is -2.63. The number of carbonyl (C=O) groups is 2. The molecule has 1 aromatic heterocycles. The van der Waals surface area contributed by atoms with Crippen LogP contribution in [0.3, 0.4) is 0 Å². The first-order valence-electron chi connectivity index (χ1n) is 7.63. The maximum absolute atomic E-state index is 12.0. The summed E-state index contributed by atoms with van der Waals surface area (Å²) in [6.07, 6.45) is 2.25. The molecule has 3 rings (SSSR count). The number of rotatable bonds is 5. The van der Waals surface area contributed by atoms with Gasteiger partial charge in [-0.05, 0) is 43.2 Å². The molecule has 23 heavy (non-hydrogen) atoms. The van der Waals surface area contributed by atoms with Crippen LogP contribution in [0.25, 0.3) is 10.8 Å². The Labute approximate surface area is 132 Å². The van der Waals surface area contributed by atoms with E-state index in [0.29, 0.717) is 16.7 Å². The Morgan fingerprint density at radius 1 is 1.35 bits per heavy atom. The van der Waals surface area contributed by atoms with Crippen molar-refractivity contribution in [1.82, 2.24) is 10.3 Å². The van der Waals surface area contributed by atoms with Crippen molar-refractivity contribution in [2.75, 3.05) is 6.61 Å². The van der Waals surface area contributed by atoms with Crippen molar-refractivity contribution in [3.8, 4) is 0 Å². The quantitative estimate of drug-likeness (QED) is 0.821. The third-order valence-corrected chi connectivity index (χ3v) is 4.03. The normalized spacial score (nSPS) is 15.2. The Morgan fingerprint density at radius 3 is 2.83 bits per heavy atom. The molecule has 120 valence electrons. The van der Waals surface area contributed by atoms with E-state index >= 15 is 0 Å². The van der Waals surface area contributed by atoms with E-state index in [-0.39, 0.29) is 29.8 Å². The smallest absolute Gasteiger partial charge is 0.355 e. The number of aromatic amines is 1. The number of nitrogens with one attached hydrogen (secondary N) is 2. The van der Waals surface area contributed by atoms with Crippen molar-refractivity contribution in [2.24, 2.45) is 5.92 Å². The highest BCUT2D eigenvalue weighted by Gasteiger charge is 2.29. The van der Waals surface area contributed by atoms with Gasteiger partial charge in [-0.15, -0.1) is 0 Å². The van der Waals surface area contributed by atoms with Crippen LogP contribution in [0.2, 0.25) is 0 Å². The standard InChI is InChI=1S/C17H18N2O4/c1-10(11-6-7-11)18-15(20)9-23-17(22)14-8-12-4-2-3-5-13(12)16(21)19-14/h2-5,8,10-11H,6-7,9H2,1H3,(H,18,20)(H,19,21)/t10-/m0/s1. The molecule has 0 bridgehead atoms. The molecule has 2 aromatic rings. The van der Waals surface area contributed by atoms with Crippen LogP contribution in [0.5, 0.6) is 0 Å². The molecular formula is C17H18N2O4. The lowest BCUT2D eigenvalue weighted by Crippen LogP contribution is -2.37. The zero-order valence-corrected chi connectivity index (χ0v) is 12.8. The number of aromatic nitrogens is 1. The number of hydrogen-bond donors (Lipinski definition) is 2. The number of pyridine rings is 1. The van der Waals surface area contributed by atoms with Crippen molar-refractivity contribution >= 4 is 22.6 Å². The maximum Gasteiger partial charge on any atom is 0.355 e. The van der Waals surface area contributed by atoms with Gasteiger partial charge in [-0.25, -0.2) is 4.79 Å². The molecule has 0 unspecified atom stereocenters. The molecule has 6 heteroatoms. The SMILES string of the molecule is C[C@H](NC(=O)COC(=O)c1cc2ccccc2c(=O)[nH]1)C1CC1. The van der Waals surface area contributed by atoms with Crippen molar-refractivity contribution in [3.63, 3.8) is 0 Å². The van der Waals surface area contributed by atoms with E-state index in [0.717, 1.165) is 12.8 Å². The summed E-state index contributed by atoms with van der Waals surface area (Å²) in [4.78, 5) is 38.2. The monoisotopic (exact) mass is 314 g/mol. The van der Waals surface area contributed by atoms with Gasteiger partial charge in [0.2, 0.25) is 0 Å². The van der Waals surface area contributed by atoms with E-state index in [1.807, 2.05) is 6.92 Å². The maximum atomic E-state index is 12.0. The molecule has 1 amide bonds. The van der Waals surface area contributed by atoms with E-state index < -0.39 is 5.97 Å². The van der Waals surface area contributed by atoms with Gasteiger partial charge in [0.25, 0.3) is 11.5 Å². The molecule has 1 fully saturated rings. The molecule has 1 atom stereocenters. The second-order valence-corrected chi connectivity index (χ2v) is 5.87. The third-order valence-electron chi connectivity index (χ3n) is 4.03. The molecular weight excluding hydrogens is 296 g/mol. The van der Waals surface area contributed by atoms with Gasteiger partial charge >= 0.3 is 5.97 Å². The van der Waals surface area contributed by atoms with E-state index in [2.05, 4.69) is 10.3 Å². The molecule has 6 nitrogen and oxygen atoms in total. The topological polar surface area (TPSA) is 88.3 Å². The second-order valence-electron chi connectivity index (χ2n) is 5.87. The van der Waals surface area contributed by atoms with Crippen LogP contribution in [0.15, 0.2) is 35.1 Å². The lowest BCUT2D eigenvalue weighted by molar-refractivity contribution is -0.125. The van der Waals surface area contributed by atoms with Gasteiger partial charge in [0.05, 0.1) is 0 Å². The molecule has 2 N–H and O–H groups in total. The Morgan fingerprint density at radius 2 is 2.09 bits per heavy atom. The molecule has 1 aliphatic carbocycles. The van der Waals surface area contributed by atoms with Gasteiger partial charge in [0.1, 0.15) is 5.69 Å². The minimum Gasteiger partial charge on any atom is -0.451 e. The zero-order chi connectivity index (χ0) is 16.4. The van der Waals surface area contributed by atoms with Crippen molar-refractivity contribution in [3.05, 3.63) is 46.4 Å². The highest BCUT2D eigenvalue weighted by atomic mass is 16.5. The number of fused-ring (bicyclic) bond motifs is 1. The van der Waals surface area contributed by atoms with Gasteiger partial charge in [-0.2, -0.15) is 0 Å². The van der Waals surface area contributed by atoms with Crippen LogP contribution < -0.4 is 10.9 Å². The van der Waals surface area contributed by atoms with E-state index in [9.17, 15) is 14.4 Å². The summed E-state index contributed by atoms with van der Waals surface area (Å²) in [5.74, 6) is -0.519. The van der Waals surface area contributed by atoms with Crippen molar-refractivity contribution in [2.45, 2.75) is 25.8 Å². The third kappa shape index (κ3) is 3.59. The fraction of sp³-hybridized carbons (Fsp3) is 0.353. The highest BCUT2D eigenvalue weighted by molar-refractivity contribution is 5.94. The first-order chi connectivity index (χ1) is 11.0. The molecule has 0 radical (unpaired) electrons. The number of benzene rings is 1. The van der Waals surface area contributed by atoms with E-state index in [4.69, 9.17) is 4.74 Å². The zero-order valence-electron chi connectivity index (χ0n) is 12.8. The second kappa shape index (κ2) is 6.24. The molecule has 1 aromatic carbocycles. The van der Waals surface area contributed by atoms with E-state index in [1.54, 1.807) is 30.3 Å². The van der Waals surface area contributed by atoms with Crippen LogP contribution in [-0.2, 0) is 9.53 Å². The summed E-state index contributed by atoms with van der Waals surface area (Å²) in [5.41, 5.74) is -0.321. The summed E-state index contributed by atoms with van der Waals surface area (Å²) >= 11 is 0. The average molecular weight is 314 g/mol.